The first-order chi connectivity index (χ1) is 14.7. The van der Waals surface area contributed by atoms with E-state index in [9.17, 15) is 27.6 Å². The van der Waals surface area contributed by atoms with Crippen molar-refractivity contribution < 1.29 is 32.4 Å². The molecule has 1 aromatic carbocycles. The van der Waals surface area contributed by atoms with Crippen molar-refractivity contribution in [2.75, 3.05) is 7.11 Å². The number of esters is 1. The first kappa shape index (κ1) is 26.4. The zero-order chi connectivity index (χ0) is 24.3. The molecule has 7 nitrogen and oxygen atoms in total. The molecule has 0 heterocycles. The SMILES string of the molecule is COC(=O)C1(N[S+]([O-])c2cc(/C=C(C)/N=C/SC(=N)C(C)(C)O)ccc2C(F)(F)F)CC1. The number of carbonyl (C=O) groups excluding carboxylic acids is 1. The minimum Gasteiger partial charge on any atom is -0.593 e. The molecule has 0 amide bonds. The summed E-state index contributed by atoms with van der Waals surface area (Å²) in [5, 5.41) is 17.4. The number of rotatable bonds is 8. The number of hydrogen-bond donors (Lipinski definition) is 3. The van der Waals surface area contributed by atoms with E-state index in [1.54, 1.807) is 6.92 Å². The monoisotopic (exact) mass is 491 g/mol. The zero-order valence-corrected chi connectivity index (χ0v) is 19.5. The average Bonchev–Trinajstić information content (AvgIpc) is 3.46. The van der Waals surface area contributed by atoms with Crippen LogP contribution in [0, 0.1) is 5.41 Å². The molecule has 1 aliphatic carbocycles. The summed E-state index contributed by atoms with van der Waals surface area (Å²) in [6, 6.07) is 3.18. The second kappa shape index (κ2) is 9.96. The van der Waals surface area contributed by atoms with Crippen molar-refractivity contribution in [1.29, 1.82) is 5.41 Å². The van der Waals surface area contributed by atoms with Crippen molar-refractivity contribution in [3.05, 3.63) is 35.0 Å². The largest absolute Gasteiger partial charge is 0.593 e. The summed E-state index contributed by atoms with van der Waals surface area (Å²) in [4.78, 5) is 15.5. The lowest BCUT2D eigenvalue weighted by Crippen LogP contribution is -2.44. The Kier molecular flexibility index (Phi) is 8.21. The Hall–Kier alpha value is -1.86. The van der Waals surface area contributed by atoms with Crippen molar-refractivity contribution in [3.8, 4) is 0 Å². The Morgan fingerprint density at radius 1 is 1.41 bits per heavy atom. The van der Waals surface area contributed by atoms with Gasteiger partial charge in [0.25, 0.3) is 0 Å². The number of thioether (sulfide) groups is 1. The van der Waals surface area contributed by atoms with Crippen LogP contribution in [0.25, 0.3) is 6.08 Å². The van der Waals surface area contributed by atoms with Gasteiger partial charge >= 0.3 is 12.1 Å². The van der Waals surface area contributed by atoms with Crippen LogP contribution in [0.15, 0.2) is 33.8 Å². The summed E-state index contributed by atoms with van der Waals surface area (Å²) >= 11 is -1.41. The number of methoxy groups -OCH3 is 1. The van der Waals surface area contributed by atoms with Crippen LogP contribution in [0.3, 0.4) is 0 Å². The Morgan fingerprint density at radius 2 is 2.03 bits per heavy atom. The fraction of sp³-hybridized carbons (Fsp3) is 0.450. The zero-order valence-electron chi connectivity index (χ0n) is 17.9. The number of allylic oxidation sites excluding steroid dienone is 1. The number of carbonyl (C=O) groups is 1. The molecule has 12 heteroatoms. The molecule has 0 aliphatic heterocycles. The van der Waals surface area contributed by atoms with Gasteiger partial charge in [0.05, 0.1) is 24.0 Å². The van der Waals surface area contributed by atoms with E-state index in [1.807, 2.05) is 0 Å². The lowest BCUT2D eigenvalue weighted by Gasteiger charge is -2.20. The highest BCUT2D eigenvalue weighted by molar-refractivity contribution is 8.25. The Labute approximate surface area is 191 Å². The number of hydrogen-bond acceptors (Lipinski definition) is 8. The maximum Gasteiger partial charge on any atom is 0.421 e. The Bertz CT molecular complexity index is 939. The molecule has 1 saturated carbocycles. The third-order valence-electron chi connectivity index (χ3n) is 4.48. The van der Waals surface area contributed by atoms with E-state index >= 15 is 0 Å². The van der Waals surface area contributed by atoms with Crippen LogP contribution >= 0.6 is 11.8 Å². The topological polar surface area (TPSA) is 118 Å². The predicted octanol–water partition coefficient (Wildman–Crippen LogP) is 3.89. The van der Waals surface area contributed by atoms with Gasteiger partial charge in [0.15, 0.2) is 10.4 Å². The fourth-order valence-electron chi connectivity index (χ4n) is 2.50. The maximum absolute atomic E-state index is 13.5. The summed E-state index contributed by atoms with van der Waals surface area (Å²) in [7, 11) is 1.16. The van der Waals surface area contributed by atoms with E-state index in [0.29, 0.717) is 24.1 Å². The van der Waals surface area contributed by atoms with Gasteiger partial charge in [-0.15, -0.1) is 4.72 Å². The highest BCUT2D eigenvalue weighted by Gasteiger charge is 2.55. The van der Waals surface area contributed by atoms with Gasteiger partial charge < -0.3 is 14.4 Å². The number of alkyl halides is 3. The molecule has 3 N–H and O–H groups in total. The van der Waals surface area contributed by atoms with Crippen LogP contribution < -0.4 is 4.72 Å². The molecule has 0 radical (unpaired) electrons. The second-order valence-electron chi connectivity index (χ2n) is 7.72. The summed E-state index contributed by atoms with van der Waals surface area (Å²) in [6.07, 6.45) is -2.62. The van der Waals surface area contributed by atoms with E-state index in [0.717, 1.165) is 31.0 Å². The lowest BCUT2D eigenvalue weighted by molar-refractivity contribution is -0.143. The van der Waals surface area contributed by atoms with Crippen LogP contribution in [0.4, 0.5) is 13.2 Å². The molecular formula is C20H24F3N3O4S2. The van der Waals surface area contributed by atoms with Crippen LogP contribution in [0.5, 0.6) is 0 Å². The second-order valence-corrected chi connectivity index (χ2v) is 9.76. The number of nitrogens with zero attached hydrogens (tertiary/aromatic N) is 1. The fourth-order valence-corrected chi connectivity index (χ4v) is 4.49. The van der Waals surface area contributed by atoms with Crippen molar-refractivity contribution in [3.63, 3.8) is 0 Å². The van der Waals surface area contributed by atoms with E-state index in [-0.39, 0.29) is 5.04 Å². The molecule has 1 unspecified atom stereocenters. The van der Waals surface area contributed by atoms with Crippen LogP contribution in [-0.2, 0) is 27.1 Å². The van der Waals surface area contributed by atoms with Gasteiger partial charge in [-0.1, -0.05) is 17.8 Å². The summed E-state index contributed by atoms with van der Waals surface area (Å²) in [6.45, 7) is 4.53. The molecule has 2 rings (SSSR count). The van der Waals surface area contributed by atoms with Crippen LogP contribution in [-0.4, -0.2) is 44.5 Å². The molecule has 176 valence electrons. The van der Waals surface area contributed by atoms with E-state index in [2.05, 4.69) is 14.5 Å². The quantitative estimate of drug-likeness (QED) is 0.220. The molecule has 0 aromatic heterocycles. The van der Waals surface area contributed by atoms with Crippen molar-refractivity contribution in [1.82, 2.24) is 4.72 Å². The van der Waals surface area contributed by atoms with Gasteiger partial charge in [-0.05, 0) is 51.3 Å². The number of aliphatic hydroxyl groups is 1. The average molecular weight is 492 g/mol. The van der Waals surface area contributed by atoms with Gasteiger partial charge in [0.1, 0.15) is 16.2 Å². The number of ether oxygens (including phenoxy) is 1. The third-order valence-corrected chi connectivity index (χ3v) is 6.74. The number of halogens is 3. The third kappa shape index (κ3) is 6.82. The molecule has 1 aliphatic rings. The normalized spacial score (nSPS) is 17.3. The van der Waals surface area contributed by atoms with E-state index in [4.69, 9.17) is 5.41 Å². The van der Waals surface area contributed by atoms with Crippen LogP contribution in [0.2, 0.25) is 0 Å². The number of benzene rings is 1. The molecule has 0 spiro atoms. The first-order valence-corrected chi connectivity index (χ1v) is 11.4. The summed E-state index contributed by atoms with van der Waals surface area (Å²) in [5.41, 5.74) is -1.55. The van der Waals surface area contributed by atoms with Gasteiger partial charge in [0.2, 0.25) is 0 Å². The minimum atomic E-state index is -4.74. The highest BCUT2D eigenvalue weighted by atomic mass is 32.2. The molecular weight excluding hydrogens is 467 g/mol. The summed E-state index contributed by atoms with van der Waals surface area (Å²) < 4.78 is 60.3. The lowest BCUT2D eigenvalue weighted by atomic mass is 10.1. The van der Waals surface area contributed by atoms with Gasteiger partial charge in [-0.25, -0.2) is 4.79 Å². The van der Waals surface area contributed by atoms with Crippen molar-refractivity contribution in [2.24, 2.45) is 4.99 Å². The standard InChI is InChI=1S/C20H24F3N3O4S2/c1-12(25-11-31-16(24)18(2,3)28)9-13-5-6-14(20(21,22)23)15(10-13)32(29)26-19(7-8-19)17(27)30-4/h5-6,9-11,24,26,28H,7-8H2,1-4H3/b12-9+,24-16?,25-11+. The molecule has 0 bridgehead atoms. The van der Waals surface area contributed by atoms with Gasteiger partial charge in [-0.3, -0.25) is 10.4 Å². The van der Waals surface area contributed by atoms with Gasteiger partial charge in [-0.2, -0.15) is 13.2 Å². The van der Waals surface area contributed by atoms with E-state index in [1.165, 1.54) is 31.5 Å². The Balaban J connectivity index is 2.28. The predicted molar refractivity (Wildman–Crippen MR) is 119 cm³/mol. The molecule has 32 heavy (non-hydrogen) atoms. The highest BCUT2D eigenvalue weighted by Crippen LogP contribution is 2.40. The first-order valence-electron chi connectivity index (χ1n) is 9.38. The van der Waals surface area contributed by atoms with E-state index < -0.39 is 45.1 Å². The molecule has 0 saturated heterocycles. The summed E-state index contributed by atoms with van der Waals surface area (Å²) in [5.74, 6) is -0.672. The molecule has 1 atom stereocenters. The molecule has 1 fully saturated rings. The number of nitrogens with one attached hydrogen (secondary N) is 2. The van der Waals surface area contributed by atoms with Crippen molar-refractivity contribution >= 4 is 45.8 Å². The Morgan fingerprint density at radius 3 is 2.53 bits per heavy atom. The van der Waals surface area contributed by atoms with Crippen molar-refractivity contribution in [2.45, 2.75) is 55.8 Å². The minimum absolute atomic E-state index is 0.0213. The van der Waals surface area contributed by atoms with Crippen LogP contribution in [0.1, 0.15) is 44.7 Å². The smallest absolute Gasteiger partial charge is 0.421 e. The van der Waals surface area contributed by atoms with Gasteiger partial charge in [0, 0.05) is 11.8 Å². The molecule has 1 aromatic rings. The maximum atomic E-state index is 13.5. The number of aliphatic imine (C=N–C) groups is 1.